The SMILES string of the molecule is CC(=O)c1coc(CCCO)n1. The third-order valence-electron chi connectivity index (χ3n) is 1.46. The number of carbonyl (C=O) groups excluding carboxylic acids is 1. The molecular weight excluding hydrogens is 158 g/mol. The number of rotatable bonds is 4. The average Bonchev–Trinajstić information content (AvgIpc) is 2.48. The van der Waals surface area contributed by atoms with Crippen molar-refractivity contribution in [3.63, 3.8) is 0 Å². The van der Waals surface area contributed by atoms with Gasteiger partial charge in [0, 0.05) is 20.0 Å². The summed E-state index contributed by atoms with van der Waals surface area (Å²) < 4.78 is 4.98. The van der Waals surface area contributed by atoms with Crippen molar-refractivity contribution >= 4 is 5.78 Å². The lowest BCUT2D eigenvalue weighted by atomic mass is 10.3. The molecule has 1 rings (SSSR count). The van der Waals surface area contributed by atoms with E-state index in [2.05, 4.69) is 4.98 Å². The van der Waals surface area contributed by atoms with E-state index in [0.29, 0.717) is 24.4 Å². The molecule has 1 heterocycles. The second kappa shape index (κ2) is 4.01. The third kappa shape index (κ3) is 2.17. The molecule has 0 aliphatic heterocycles. The lowest BCUT2D eigenvalue weighted by Gasteiger charge is -1.89. The van der Waals surface area contributed by atoms with E-state index in [4.69, 9.17) is 9.52 Å². The summed E-state index contributed by atoms with van der Waals surface area (Å²) in [5.41, 5.74) is 0.350. The predicted octanol–water partition coefficient (Wildman–Crippen LogP) is 0.802. The highest BCUT2D eigenvalue weighted by molar-refractivity contribution is 5.91. The maximum Gasteiger partial charge on any atom is 0.194 e. The Labute approximate surface area is 70.2 Å². The van der Waals surface area contributed by atoms with E-state index in [-0.39, 0.29) is 12.4 Å². The molecule has 1 aromatic heterocycles. The van der Waals surface area contributed by atoms with E-state index in [1.165, 1.54) is 13.2 Å². The van der Waals surface area contributed by atoms with E-state index in [9.17, 15) is 4.79 Å². The first-order valence-corrected chi connectivity index (χ1v) is 3.80. The topological polar surface area (TPSA) is 63.3 Å². The van der Waals surface area contributed by atoms with Crippen LogP contribution in [0, 0.1) is 0 Å². The van der Waals surface area contributed by atoms with Crippen molar-refractivity contribution in [3.05, 3.63) is 17.8 Å². The number of aromatic nitrogens is 1. The van der Waals surface area contributed by atoms with Crippen LogP contribution in [0.4, 0.5) is 0 Å². The zero-order valence-corrected chi connectivity index (χ0v) is 6.91. The molecule has 66 valence electrons. The van der Waals surface area contributed by atoms with E-state index in [1.807, 2.05) is 0 Å². The number of Topliss-reactive ketones (excluding diaryl/α,β-unsaturated/α-hetero) is 1. The largest absolute Gasteiger partial charge is 0.448 e. The van der Waals surface area contributed by atoms with Gasteiger partial charge in [0.25, 0.3) is 0 Å². The molecule has 0 radical (unpaired) electrons. The molecule has 1 N–H and O–H groups in total. The average molecular weight is 169 g/mol. The Hall–Kier alpha value is -1.16. The van der Waals surface area contributed by atoms with Crippen molar-refractivity contribution < 1.29 is 14.3 Å². The smallest absolute Gasteiger partial charge is 0.194 e. The van der Waals surface area contributed by atoms with Gasteiger partial charge >= 0.3 is 0 Å². The van der Waals surface area contributed by atoms with Crippen molar-refractivity contribution in [1.82, 2.24) is 4.98 Å². The van der Waals surface area contributed by atoms with Gasteiger partial charge in [0.05, 0.1) is 0 Å². The lowest BCUT2D eigenvalue weighted by Crippen LogP contribution is -1.94. The number of hydrogen-bond acceptors (Lipinski definition) is 4. The quantitative estimate of drug-likeness (QED) is 0.677. The summed E-state index contributed by atoms with van der Waals surface area (Å²) in [6.45, 7) is 1.55. The van der Waals surface area contributed by atoms with Crippen LogP contribution in [0.1, 0.15) is 29.7 Å². The predicted molar refractivity (Wildman–Crippen MR) is 41.9 cm³/mol. The number of ketones is 1. The molecule has 0 unspecified atom stereocenters. The number of aliphatic hydroxyl groups excluding tert-OH is 1. The van der Waals surface area contributed by atoms with Crippen LogP contribution >= 0.6 is 0 Å². The zero-order valence-electron chi connectivity index (χ0n) is 6.91. The van der Waals surface area contributed by atoms with E-state index < -0.39 is 0 Å². The van der Waals surface area contributed by atoms with Crippen LogP contribution in [0.15, 0.2) is 10.7 Å². The van der Waals surface area contributed by atoms with Gasteiger partial charge in [-0.1, -0.05) is 0 Å². The van der Waals surface area contributed by atoms with Gasteiger partial charge in [-0.25, -0.2) is 4.98 Å². The third-order valence-corrected chi connectivity index (χ3v) is 1.46. The maximum atomic E-state index is 10.8. The second-order valence-electron chi connectivity index (χ2n) is 2.51. The molecule has 0 bridgehead atoms. The fourth-order valence-electron chi connectivity index (χ4n) is 0.818. The molecule has 0 fully saturated rings. The minimum atomic E-state index is -0.103. The number of oxazole rings is 1. The molecule has 0 saturated carbocycles. The van der Waals surface area contributed by atoms with Gasteiger partial charge in [-0.2, -0.15) is 0 Å². The van der Waals surface area contributed by atoms with Gasteiger partial charge in [0.15, 0.2) is 11.7 Å². The fourth-order valence-corrected chi connectivity index (χ4v) is 0.818. The highest BCUT2D eigenvalue weighted by atomic mass is 16.3. The van der Waals surface area contributed by atoms with E-state index in [1.54, 1.807) is 0 Å². The Morgan fingerprint density at radius 2 is 2.50 bits per heavy atom. The van der Waals surface area contributed by atoms with Gasteiger partial charge in [0.1, 0.15) is 12.0 Å². The number of nitrogens with zero attached hydrogens (tertiary/aromatic N) is 1. The molecule has 0 aromatic carbocycles. The van der Waals surface area contributed by atoms with Crippen molar-refractivity contribution in [2.75, 3.05) is 6.61 Å². The molecule has 0 amide bonds. The molecule has 0 atom stereocenters. The number of carbonyl (C=O) groups is 1. The first kappa shape index (κ1) is 8.93. The molecule has 12 heavy (non-hydrogen) atoms. The number of aliphatic hydroxyl groups is 1. The van der Waals surface area contributed by atoms with Crippen LogP contribution in [-0.2, 0) is 6.42 Å². The van der Waals surface area contributed by atoms with Gasteiger partial charge in [-0.05, 0) is 6.42 Å². The zero-order chi connectivity index (χ0) is 8.97. The summed E-state index contributed by atoms with van der Waals surface area (Å²) in [7, 11) is 0. The molecule has 1 aromatic rings. The highest BCUT2D eigenvalue weighted by Gasteiger charge is 2.06. The summed E-state index contributed by atoms with van der Waals surface area (Å²) >= 11 is 0. The first-order valence-electron chi connectivity index (χ1n) is 3.80. The molecule has 0 spiro atoms. The second-order valence-corrected chi connectivity index (χ2v) is 2.51. The van der Waals surface area contributed by atoms with E-state index in [0.717, 1.165) is 0 Å². The fraction of sp³-hybridized carbons (Fsp3) is 0.500. The van der Waals surface area contributed by atoms with Crippen LogP contribution in [0.25, 0.3) is 0 Å². The molecular formula is C8H11NO3. The van der Waals surface area contributed by atoms with Crippen molar-refractivity contribution in [1.29, 1.82) is 0 Å². The van der Waals surface area contributed by atoms with Gasteiger partial charge in [-0.15, -0.1) is 0 Å². The van der Waals surface area contributed by atoms with Gasteiger partial charge < -0.3 is 9.52 Å². The van der Waals surface area contributed by atoms with Crippen LogP contribution < -0.4 is 0 Å². The minimum Gasteiger partial charge on any atom is -0.448 e. The standard InChI is InChI=1S/C8H11NO3/c1-6(11)7-5-12-8(9-7)3-2-4-10/h5,10H,2-4H2,1H3. The van der Waals surface area contributed by atoms with Crippen LogP contribution in [0.5, 0.6) is 0 Å². The Morgan fingerprint density at radius 3 is 3.00 bits per heavy atom. The maximum absolute atomic E-state index is 10.8. The van der Waals surface area contributed by atoms with E-state index >= 15 is 0 Å². The van der Waals surface area contributed by atoms with Crippen LogP contribution in [0.2, 0.25) is 0 Å². The molecule has 0 aliphatic carbocycles. The summed E-state index contributed by atoms with van der Waals surface area (Å²) in [6.07, 6.45) is 2.52. The Bertz CT molecular complexity index is 267. The van der Waals surface area contributed by atoms with Crippen LogP contribution in [0.3, 0.4) is 0 Å². The lowest BCUT2D eigenvalue weighted by molar-refractivity contribution is 0.101. The summed E-state index contributed by atoms with van der Waals surface area (Å²) in [5.74, 6) is 0.406. The minimum absolute atomic E-state index is 0.103. The summed E-state index contributed by atoms with van der Waals surface area (Å²) in [5, 5.41) is 8.51. The summed E-state index contributed by atoms with van der Waals surface area (Å²) in [6, 6.07) is 0. The van der Waals surface area contributed by atoms with Gasteiger partial charge in [-0.3, -0.25) is 4.79 Å². The first-order chi connectivity index (χ1) is 5.74. The molecule has 4 heteroatoms. The monoisotopic (exact) mass is 169 g/mol. The summed E-state index contributed by atoms with van der Waals surface area (Å²) in [4.78, 5) is 14.7. The molecule has 0 aliphatic rings. The Morgan fingerprint density at radius 1 is 1.75 bits per heavy atom. The van der Waals surface area contributed by atoms with Crippen LogP contribution in [-0.4, -0.2) is 22.5 Å². The number of aryl methyl sites for hydroxylation is 1. The van der Waals surface area contributed by atoms with Crippen molar-refractivity contribution in [2.24, 2.45) is 0 Å². The molecule has 0 saturated heterocycles. The normalized spacial score (nSPS) is 10.2. The highest BCUT2D eigenvalue weighted by Crippen LogP contribution is 2.04. The Balaban J connectivity index is 2.58. The van der Waals surface area contributed by atoms with Crippen molar-refractivity contribution in [2.45, 2.75) is 19.8 Å². The Kier molecular flexibility index (Phi) is 2.99. The molecule has 4 nitrogen and oxygen atoms in total. The number of hydrogen-bond donors (Lipinski definition) is 1. The van der Waals surface area contributed by atoms with Crippen molar-refractivity contribution in [3.8, 4) is 0 Å². The van der Waals surface area contributed by atoms with Gasteiger partial charge in [0.2, 0.25) is 0 Å².